The Labute approximate surface area is 122 Å². The van der Waals surface area contributed by atoms with Gasteiger partial charge in [-0.2, -0.15) is 0 Å². The Bertz CT molecular complexity index is 435. The van der Waals surface area contributed by atoms with Crippen LogP contribution in [-0.4, -0.2) is 48.3 Å². The van der Waals surface area contributed by atoms with E-state index in [1.54, 1.807) is 6.07 Å². The van der Waals surface area contributed by atoms with Gasteiger partial charge in [-0.15, -0.1) is 0 Å². The molecule has 4 heteroatoms. The Morgan fingerprint density at radius 2 is 2.10 bits per heavy atom. The highest BCUT2D eigenvalue weighted by Crippen LogP contribution is 2.24. The molecule has 1 aliphatic heterocycles. The zero-order valence-electron chi connectivity index (χ0n) is 12.8. The van der Waals surface area contributed by atoms with Crippen molar-refractivity contribution in [3.8, 4) is 5.75 Å². The van der Waals surface area contributed by atoms with Gasteiger partial charge in [0.15, 0.2) is 0 Å². The predicted molar refractivity (Wildman–Crippen MR) is 84.2 cm³/mol. The van der Waals surface area contributed by atoms with E-state index in [1.165, 1.54) is 0 Å². The monoisotopic (exact) mass is 277 g/mol. The maximum atomic E-state index is 9.61. The first-order chi connectivity index (χ1) is 9.47. The molecule has 4 nitrogen and oxygen atoms in total. The number of hydrogen-bond donors (Lipinski definition) is 2. The fourth-order valence-electron chi connectivity index (χ4n) is 2.76. The van der Waals surface area contributed by atoms with Gasteiger partial charge >= 0.3 is 0 Å². The normalized spacial score (nSPS) is 22.2. The summed E-state index contributed by atoms with van der Waals surface area (Å²) in [6.07, 6.45) is 0. The molecule has 1 saturated heterocycles. The van der Waals surface area contributed by atoms with E-state index in [0.717, 1.165) is 31.9 Å². The molecular weight excluding hydrogens is 250 g/mol. The average molecular weight is 277 g/mol. The Hall–Kier alpha value is -1.26. The van der Waals surface area contributed by atoms with E-state index in [-0.39, 0.29) is 6.04 Å². The summed E-state index contributed by atoms with van der Waals surface area (Å²) < 4.78 is 0. The number of phenols is 1. The fourth-order valence-corrected chi connectivity index (χ4v) is 2.76. The standard InChI is InChI=1S/C16H27N3O/c1-12(2)16(17)11-18-7-8-19(13(3)10-18)14-5-4-6-15(20)9-14/h4-6,9,12-13,16,20H,7-8,10-11,17H2,1-3H3. The number of anilines is 1. The molecule has 1 aromatic rings. The van der Waals surface area contributed by atoms with Gasteiger partial charge in [-0.1, -0.05) is 19.9 Å². The molecule has 0 amide bonds. The van der Waals surface area contributed by atoms with Crippen molar-refractivity contribution >= 4 is 5.69 Å². The SMILES string of the molecule is CC(C)C(N)CN1CCN(c2cccc(O)c2)C(C)C1. The molecule has 1 aliphatic rings. The highest BCUT2D eigenvalue weighted by molar-refractivity contribution is 5.51. The van der Waals surface area contributed by atoms with Crippen LogP contribution in [0.15, 0.2) is 24.3 Å². The number of phenolic OH excluding ortho intramolecular Hbond substituents is 1. The van der Waals surface area contributed by atoms with E-state index in [1.807, 2.05) is 12.1 Å². The summed E-state index contributed by atoms with van der Waals surface area (Å²) in [7, 11) is 0. The summed E-state index contributed by atoms with van der Waals surface area (Å²) in [6, 6.07) is 8.20. The highest BCUT2D eigenvalue weighted by atomic mass is 16.3. The number of piperazine rings is 1. The minimum atomic E-state index is 0.245. The third-order valence-corrected chi connectivity index (χ3v) is 4.20. The van der Waals surface area contributed by atoms with Crippen LogP contribution in [0.5, 0.6) is 5.75 Å². The lowest BCUT2D eigenvalue weighted by molar-refractivity contribution is 0.203. The highest BCUT2D eigenvalue weighted by Gasteiger charge is 2.25. The summed E-state index contributed by atoms with van der Waals surface area (Å²) in [5, 5.41) is 9.61. The van der Waals surface area contributed by atoms with Gasteiger partial charge in [-0.25, -0.2) is 0 Å². The van der Waals surface area contributed by atoms with Crippen LogP contribution in [0.1, 0.15) is 20.8 Å². The molecule has 0 aromatic heterocycles. The van der Waals surface area contributed by atoms with Crippen molar-refractivity contribution in [3.63, 3.8) is 0 Å². The molecule has 1 fully saturated rings. The van der Waals surface area contributed by atoms with Gasteiger partial charge < -0.3 is 15.7 Å². The lowest BCUT2D eigenvalue weighted by Gasteiger charge is -2.42. The summed E-state index contributed by atoms with van der Waals surface area (Å²) in [6.45, 7) is 10.6. The van der Waals surface area contributed by atoms with Crippen LogP contribution in [0.2, 0.25) is 0 Å². The Kier molecular flexibility index (Phi) is 4.89. The van der Waals surface area contributed by atoms with Crippen molar-refractivity contribution in [2.24, 2.45) is 11.7 Å². The third-order valence-electron chi connectivity index (χ3n) is 4.20. The van der Waals surface area contributed by atoms with Crippen LogP contribution in [0.3, 0.4) is 0 Å². The zero-order chi connectivity index (χ0) is 14.7. The van der Waals surface area contributed by atoms with Crippen LogP contribution in [0.25, 0.3) is 0 Å². The van der Waals surface area contributed by atoms with E-state index >= 15 is 0 Å². The quantitative estimate of drug-likeness (QED) is 0.882. The minimum absolute atomic E-state index is 0.245. The van der Waals surface area contributed by atoms with Crippen molar-refractivity contribution in [1.82, 2.24) is 4.90 Å². The van der Waals surface area contributed by atoms with Crippen LogP contribution in [0, 0.1) is 5.92 Å². The zero-order valence-corrected chi connectivity index (χ0v) is 12.8. The Morgan fingerprint density at radius 1 is 1.35 bits per heavy atom. The van der Waals surface area contributed by atoms with Gasteiger partial charge in [0.05, 0.1) is 0 Å². The van der Waals surface area contributed by atoms with Gasteiger partial charge in [0.2, 0.25) is 0 Å². The molecule has 0 bridgehead atoms. The molecule has 1 aromatic carbocycles. The molecule has 1 heterocycles. The van der Waals surface area contributed by atoms with Crippen LogP contribution >= 0.6 is 0 Å². The smallest absolute Gasteiger partial charge is 0.117 e. The van der Waals surface area contributed by atoms with Gasteiger partial charge in [0, 0.05) is 50.0 Å². The second-order valence-corrected chi connectivity index (χ2v) is 6.23. The van der Waals surface area contributed by atoms with Crippen LogP contribution in [0.4, 0.5) is 5.69 Å². The van der Waals surface area contributed by atoms with Crippen LogP contribution < -0.4 is 10.6 Å². The Morgan fingerprint density at radius 3 is 2.70 bits per heavy atom. The first-order valence-electron chi connectivity index (χ1n) is 7.51. The summed E-state index contributed by atoms with van der Waals surface area (Å²) >= 11 is 0. The molecule has 2 atom stereocenters. The van der Waals surface area contributed by atoms with Crippen molar-refractivity contribution in [3.05, 3.63) is 24.3 Å². The first-order valence-corrected chi connectivity index (χ1v) is 7.51. The van der Waals surface area contributed by atoms with Crippen molar-refractivity contribution in [2.45, 2.75) is 32.9 Å². The molecule has 2 unspecified atom stereocenters. The molecule has 20 heavy (non-hydrogen) atoms. The van der Waals surface area contributed by atoms with Crippen LogP contribution in [-0.2, 0) is 0 Å². The number of aromatic hydroxyl groups is 1. The molecule has 0 saturated carbocycles. The second kappa shape index (κ2) is 6.46. The summed E-state index contributed by atoms with van der Waals surface area (Å²) in [5.41, 5.74) is 7.27. The third kappa shape index (κ3) is 3.64. The molecular formula is C16H27N3O. The molecule has 2 rings (SSSR count). The molecule has 0 spiro atoms. The van der Waals surface area contributed by atoms with Crippen molar-refractivity contribution in [2.75, 3.05) is 31.1 Å². The topological polar surface area (TPSA) is 52.7 Å². The number of rotatable bonds is 4. The first kappa shape index (κ1) is 15.1. The minimum Gasteiger partial charge on any atom is -0.508 e. The Balaban J connectivity index is 1.96. The molecule has 3 N–H and O–H groups in total. The lowest BCUT2D eigenvalue weighted by Crippen LogP contribution is -2.55. The number of benzene rings is 1. The van der Waals surface area contributed by atoms with E-state index in [9.17, 15) is 5.11 Å². The van der Waals surface area contributed by atoms with Gasteiger partial charge in [0.25, 0.3) is 0 Å². The molecule has 0 aliphatic carbocycles. The maximum absolute atomic E-state index is 9.61. The average Bonchev–Trinajstić information content (AvgIpc) is 2.38. The van der Waals surface area contributed by atoms with E-state index < -0.39 is 0 Å². The lowest BCUT2D eigenvalue weighted by atomic mass is 10.0. The van der Waals surface area contributed by atoms with E-state index in [4.69, 9.17) is 5.73 Å². The maximum Gasteiger partial charge on any atom is 0.117 e. The summed E-state index contributed by atoms with van der Waals surface area (Å²) in [5.74, 6) is 0.855. The van der Waals surface area contributed by atoms with Crippen molar-refractivity contribution < 1.29 is 5.11 Å². The van der Waals surface area contributed by atoms with Gasteiger partial charge in [-0.05, 0) is 25.0 Å². The number of nitrogens with zero attached hydrogens (tertiary/aromatic N) is 2. The van der Waals surface area contributed by atoms with Crippen molar-refractivity contribution in [1.29, 1.82) is 0 Å². The number of hydrogen-bond acceptors (Lipinski definition) is 4. The molecule has 0 radical (unpaired) electrons. The predicted octanol–water partition coefficient (Wildman–Crippen LogP) is 1.89. The van der Waals surface area contributed by atoms with Gasteiger partial charge in [0.1, 0.15) is 5.75 Å². The van der Waals surface area contributed by atoms with E-state index in [0.29, 0.717) is 17.7 Å². The largest absolute Gasteiger partial charge is 0.508 e. The second-order valence-electron chi connectivity index (χ2n) is 6.23. The molecule has 112 valence electrons. The van der Waals surface area contributed by atoms with Gasteiger partial charge in [-0.3, -0.25) is 4.90 Å². The van der Waals surface area contributed by atoms with E-state index in [2.05, 4.69) is 36.6 Å². The summed E-state index contributed by atoms with van der Waals surface area (Å²) in [4.78, 5) is 4.81. The fraction of sp³-hybridized carbons (Fsp3) is 0.625. The number of nitrogens with two attached hydrogens (primary N) is 1.